The molecule has 17 heavy (non-hydrogen) atoms. The highest BCUT2D eigenvalue weighted by atomic mass is 19.4. The van der Waals surface area contributed by atoms with Gasteiger partial charge in [-0.1, -0.05) is 0 Å². The van der Waals surface area contributed by atoms with Crippen molar-refractivity contribution in [1.82, 2.24) is 4.57 Å². The summed E-state index contributed by atoms with van der Waals surface area (Å²) in [6.45, 7) is -1.13. The van der Waals surface area contributed by atoms with E-state index in [2.05, 4.69) is 4.74 Å². The SMILES string of the molecule is O=C(O)c1ccc(=O)n(CCOC(F)(F)F)c1. The fraction of sp³-hybridized carbons (Fsp3) is 0.333. The smallest absolute Gasteiger partial charge is 0.478 e. The number of carboxylic acid groups (broad SMARTS) is 1. The maximum absolute atomic E-state index is 11.7. The summed E-state index contributed by atoms with van der Waals surface area (Å²) in [6, 6.07) is 2.04. The van der Waals surface area contributed by atoms with E-state index in [1.807, 2.05) is 0 Å². The van der Waals surface area contributed by atoms with Crippen LogP contribution in [0, 0.1) is 0 Å². The molecule has 1 aromatic rings. The van der Waals surface area contributed by atoms with Crippen molar-refractivity contribution in [3.05, 3.63) is 34.2 Å². The highest BCUT2D eigenvalue weighted by Crippen LogP contribution is 2.15. The van der Waals surface area contributed by atoms with Gasteiger partial charge in [0.1, 0.15) is 0 Å². The van der Waals surface area contributed by atoms with Crippen LogP contribution in [0.15, 0.2) is 23.1 Å². The topological polar surface area (TPSA) is 68.5 Å². The van der Waals surface area contributed by atoms with Crippen LogP contribution in [-0.4, -0.2) is 28.6 Å². The summed E-state index contributed by atoms with van der Waals surface area (Å²) in [5, 5.41) is 8.63. The highest BCUT2D eigenvalue weighted by molar-refractivity contribution is 5.87. The van der Waals surface area contributed by atoms with E-state index in [-0.39, 0.29) is 12.1 Å². The maximum Gasteiger partial charge on any atom is 0.522 e. The minimum absolute atomic E-state index is 0.184. The van der Waals surface area contributed by atoms with E-state index in [4.69, 9.17) is 5.11 Å². The van der Waals surface area contributed by atoms with E-state index < -0.39 is 24.5 Å². The number of hydrogen-bond acceptors (Lipinski definition) is 3. The Kier molecular flexibility index (Phi) is 3.89. The van der Waals surface area contributed by atoms with Gasteiger partial charge in [0, 0.05) is 18.8 Å². The van der Waals surface area contributed by atoms with E-state index in [0.29, 0.717) is 0 Å². The van der Waals surface area contributed by atoms with Crippen molar-refractivity contribution in [2.24, 2.45) is 0 Å². The predicted octanol–water partition coefficient (Wildman–Crippen LogP) is 1.08. The van der Waals surface area contributed by atoms with E-state index in [0.717, 1.165) is 22.9 Å². The Hall–Kier alpha value is -1.83. The lowest BCUT2D eigenvalue weighted by Gasteiger charge is -2.09. The Labute approximate surface area is 93.0 Å². The Bertz CT molecular complexity index is 466. The minimum atomic E-state index is -4.77. The lowest BCUT2D eigenvalue weighted by atomic mass is 10.3. The second-order valence-electron chi connectivity index (χ2n) is 3.05. The van der Waals surface area contributed by atoms with Gasteiger partial charge >= 0.3 is 12.3 Å². The van der Waals surface area contributed by atoms with E-state index >= 15 is 0 Å². The highest BCUT2D eigenvalue weighted by Gasteiger charge is 2.28. The van der Waals surface area contributed by atoms with Crippen molar-refractivity contribution in [2.75, 3.05) is 6.61 Å². The zero-order valence-corrected chi connectivity index (χ0v) is 8.40. The number of alkyl halides is 3. The van der Waals surface area contributed by atoms with Gasteiger partial charge in [0.15, 0.2) is 0 Å². The Morgan fingerprint density at radius 1 is 1.41 bits per heavy atom. The first-order valence-corrected chi connectivity index (χ1v) is 4.44. The molecule has 0 amide bonds. The molecule has 1 aromatic heterocycles. The van der Waals surface area contributed by atoms with Gasteiger partial charge in [0.2, 0.25) is 0 Å². The molecule has 94 valence electrons. The normalized spacial score (nSPS) is 11.5. The standard InChI is InChI=1S/C9H8F3NO4/c10-9(11,12)17-4-3-13-5-6(8(15)16)1-2-7(13)14/h1-2,5H,3-4H2,(H,15,16). The molecule has 0 saturated heterocycles. The number of hydrogen-bond donors (Lipinski definition) is 1. The summed E-state index contributed by atoms with van der Waals surface area (Å²) in [4.78, 5) is 21.8. The molecule has 0 saturated carbocycles. The van der Waals surface area contributed by atoms with E-state index in [1.54, 1.807) is 0 Å². The van der Waals surface area contributed by atoms with Crippen LogP contribution < -0.4 is 5.56 Å². The Morgan fingerprint density at radius 2 is 2.06 bits per heavy atom. The van der Waals surface area contributed by atoms with Crippen LogP contribution in [0.2, 0.25) is 0 Å². The van der Waals surface area contributed by atoms with Gasteiger partial charge in [-0.25, -0.2) is 4.79 Å². The van der Waals surface area contributed by atoms with Crippen molar-refractivity contribution >= 4 is 5.97 Å². The number of rotatable bonds is 4. The number of aromatic carboxylic acids is 1. The van der Waals surface area contributed by atoms with Crippen LogP contribution >= 0.6 is 0 Å². The number of ether oxygens (including phenoxy) is 1. The molecule has 1 heterocycles. The summed E-state index contributed by atoms with van der Waals surface area (Å²) in [6.07, 6.45) is -3.81. The lowest BCUT2D eigenvalue weighted by molar-refractivity contribution is -0.325. The van der Waals surface area contributed by atoms with E-state index in [1.165, 1.54) is 0 Å². The molecule has 0 fully saturated rings. The number of pyridine rings is 1. The van der Waals surface area contributed by atoms with Crippen LogP contribution in [0.25, 0.3) is 0 Å². The fourth-order valence-electron chi connectivity index (χ4n) is 1.09. The Morgan fingerprint density at radius 3 is 2.59 bits per heavy atom. The molecule has 0 radical (unpaired) electrons. The van der Waals surface area contributed by atoms with Gasteiger partial charge in [-0.15, -0.1) is 13.2 Å². The second-order valence-corrected chi connectivity index (χ2v) is 3.05. The summed E-state index contributed by atoms with van der Waals surface area (Å²) in [5.41, 5.74) is -0.780. The predicted molar refractivity (Wildman–Crippen MR) is 49.7 cm³/mol. The number of carboxylic acids is 1. The quantitative estimate of drug-likeness (QED) is 0.869. The zero-order chi connectivity index (χ0) is 13.1. The molecule has 0 aliphatic rings. The fourth-order valence-corrected chi connectivity index (χ4v) is 1.09. The number of nitrogens with zero attached hydrogens (tertiary/aromatic N) is 1. The van der Waals surface area contributed by atoms with Gasteiger partial charge in [-0.05, 0) is 6.07 Å². The third kappa shape index (κ3) is 4.27. The molecular weight excluding hydrogens is 243 g/mol. The third-order valence-electron chi connectivity index (χ3n) is 1.83. The number of halogens is 3. The number of aromatic nitrogens is 1. The molecule has 0 unspecified atom stereocenters. The monoisotopic (exact) mass is 251 g/mol. The van der Waals surface area contributed by atoms with Gasteiger partial charge in [0.25, 0.3) is 5.56 Å². The first-order valence-electron chi connectivity index (χ1n) is 4.44. The molecule has 0 aromatic carbocycles. The van der Waals surface area contributed by atoms with Crippen LogP contribution in [0.5, 0.6) is 0 Å². The molecular formula is C9H8F3NO4. The summed E-state index contributed by atoms with van der Waals surface area (Å²) in [7, 11) is 0. The first-order chi connectivity index (χ1) is 7.79. The summed E-state index contributed by atoms with van der Waals surface area (Å²) < 4.78 is 39.3. The van der Waals surface area contributed by atoms with Crippen molar-refractivity contribution in [3.8, 4) is 0 Å². The van der Waals surface area contributed by atoms with Crippen molar-refractivity contribution in [1.29, 1.82) is 0 Å². The number of carbonyl (C=O) groups is 1. The van der Waals surface area contributed by atoms with Gasteiger partial charge in [-0.2, -0.15) is 0 Å². The summed E-state index contributed by atoms with van der Waals surface area (Å²) in [5.74, 6) is -1.27. The van der Waals surface area contributed by atoms with Gasteiger partial charge < -0.3 is 9.67 Å². The molecule has 5 nitrogen and oxygen atoms in total. The maximum atomic E-state index is 11.7. The molecule has 0 atom stereocenters. The van der Waals surface area contributed by atoms with Crippen molar-refractivity contribution in [3.63, 3.8) is 0 Å². The molecule has 0 spiro atoms. The lowest BCUT2D eigenvalue weighted by Crippen LogP contribution is -2.24. The zero-order valence-electron chi connectivity index (χ0n) is 8.40. The molecule has 0 aliphatic carbocycles. The minimum Gasteiger partial charge on any atom is -0.478 e. The average molecular weight is 251 g/mol. The molecule has 8 heteroatoms. The van der Waals surface area contributed by atoms with Crippen molar-refractivity contribution < 1.29 is 27.8 Å². The van der Waals surface area contributed by atoms with Gasteiger partial charge in [0.05, 0.1) is 12.2 Å². The van der Waals surface area contributed by atoms with Crippen LogP contribution in [0.4, 0.5) is 13.2 Å². The Balaban J connectivity index is 2.74. The third-order valence-corrected chi connectivity index (χ3v) is 1.83. The van der Waals surface area contributed by atoms with E-state index in [9.17, 15) is 22.8 Å². The largest absolute Gasteiger partial charge is 0.522 e. The summed E-state index contributed by atoms with van der Waals surface area (Å²) >= 11 is 0. The second kappa shape index (κ2) is 5.00. The van der Waals surface area contributed by atoms with Gasteiger partial charge in [-0.3, -0.25) is 9.53 Å². The molecule has 0 aliphatic heterocycles. The molecule has 0 bridgehead atoms. The first kappa shape index (κ1) is 13.2. The van der Waals surface area contributed by atoms with Crippen LogP contribution in [0.3, 0.4) is 0 Å². The van der Waals surface area contributed by atoms with Crippen LogP contribution in [-0.2, 0) is 11.3 Å². The van der Waals surface area contributed by atoms with Crippen LogP contribution in [0.1, 0.15) is 10.4 Å². The average Bonchev–Trinajstić information content (AvgIpc) is 2.18. The molecule has 1 N–H and O–H groups in total. The van der Waals surface area contributed by atoms with Crippen molar-refractivity contribution in [2.45, 2.75) is 12.9 Å². The molecule has 1 rings (SSSR count).